The predicted octanol–water partition coefficient (Wildman–Crippen LogP) is 2.43. The average Bonchev–Trinajstić information content (AvgIpc) is 2.35. The summed E-state index contributed by atoms with van der Waals surface area (Å²) < 4.78 is 3.34. The van der Waals surface area contributed by atoms with Gasteiger partial charge >= 0.3 is 0 Å². The van der Waals surface area contributed by atoms with Crippen LogP contribution in [-0.2, 0) is 0 Å². The molecule has 17 heavy (non-hydrogen) atoms. The van der Waals surface area contributed by atoms with E-state index in [1.54, 1.807) is 11.3 Å². The monoisotopic (exact) mass is 241 g/mol. The van der Waals surface area contributed by atoms with Gasteiger partial charge in [-0.05, 0) is 18.2 Å². The van der Waals surface area contributed by atoms with E-state index < -0.39 is 0 Å². The van der Waals surface area contributed by atoms with Crippen molar-refractivity contribution in [2.24, 2.45) is 0 Å². The molecule has 1 aromatic rings. The Morgan fingerprint density at radius 2 is 1.88 bits per heavy atom. The van der Waals surface area contributed by atoms with Crippen LogP contribution in [-0.4, -0.2) is 19.1 Å². The molecule has 0 amide bonds. The third-order valence-corrected chi connectivity index (χ3v) is 3.90. The van der Waals surface area contributed by atoms with Gasteiger partial charge in [-0.1, -0.05) is 12.1 Å². The molecule has 2 nitrogen and oxygen atoms in total. The average molecular weight is 241 g/mol. The Hall–Kier alpha value is -1.74. The fraction of sp³-hybridized carbons (Fsp3) is 0.143. The summed E-state index contributed by atoms with van der Waals surface area (Å²) in [5, 5.41) is 1.21. The molecule has 1 aliphatic heterocycles. The third kappa shape index (κ3) is 1.83. The maximum atomic E-state index is 4.67. The van der Waals surface area contributed by atoms with Crippen LogP contribution in [0.15, 0.2) is 42.5 Å². The molecule has 0 spiro atoms. The second-order valence-electron chi connectivity index (χ2n) is 4.23. The minimum Gasteiger partial charge on any atom is -0.246 e. The van der Waals surface area contributed by atoms with Crippen molar-refractivity contribution in [1.82, 2.24) is 9.56 Å². The Bertz CT molecular complexity index is 724. The zero-order valence-electron chi connectivity index (χ0n) is 9.84. The molecule has 0 saturated heterocycles. The molecule has 0 atom stereocenters. The van der Waals surface area contributed by atoms with Gasteiger partial charge in [0.2, 0.25) is 5.36 Å². The molecule has 84 valence electrons. The number of aromatic nitrogens is 1. The van der Waals surface area contributed by atoms with E-state index in [0.717, 1.165) is 11.2 Å². The van der Waals surface area contributed by atoms with Crippen LogP contribution in [0.4, 0.5) is 0 Å². The molecule has 0 N–H and O–H groups in total. The van der Waals surface area contributed by atoms with Gasteiger partial charge in [0, 0.05) is 12.1 Å². The highest BCUT2D eigenvalue weighted by Crippen LogP contribution is 2.28. The zero-order chi connectivity index (χ0) is 11.8. The molecule has 1 aliphatic carbocycles. The molecule has 0 fully saturated rings. The Morgan fingerprint density at radius 3 is 2.71 bits per heavy atom. The Morgan fingerprint density at radius 1 is 1.06 bits per heavy atom. The van der Waals surface area contributed by atoms with Crippen LogP contribution < -0.4 is 9.93 Å². The van der Waals surface area contributed by atoms with Crippen molar-refractivity contribution in [2.75, 3.05) is 14.1 Å². The second kappa shape index (κ2) is 3.93. The third-order valence-electron chi connectivity index (χ3n) is 2.79. The second-order valence-corrected chi connectivity index (χ2v) is 5.31. The van der Waals surface area contributed by atoms with Gasteiger partial charge in [-0.25, -0.2) is 9.56 Å². The summed E-state index contributed by atoms with van der Waals surface area (Å²) in [6, 6.07) is 14.7. The van der Waals surface area contributed by atoms with Crippen molar-refractivity contribution in [2.45, 2.75) is 0 Å². The van der Waals surface area contributed by atoms with Gasteiger partial charge in [-0.15, -0.1) is 11.3 Å². The summed E-state index contributed by atoms with van der Waals surface area (Å²) in [7, 11) is 4.11. The minimum atomic E-state index is 1.07. The van der Waals surface area contributed by atoms with E-state index in [9.17, 15) is 0 Å². The van der Waals surface area contributed by atoms with Crippen molar-refractivity contribution >= 4 is 21.6 Å². The van der Waals surface area contributed by atoms with E-state index in [1.165, 1.54) is 14.9 Å². The highest BCUT2D eigenvalue weighted by Gasteiger charge is 2.07. The van der Waals surface area contributed by atoms with Gasteiger partial charge in [-0.2, -0.15) is 0 Å². The van der Waals surface area contributed by atoms with Gasteiger partial charge in [0.05, 0.1) is 20.8 Å². The van der Waals surface area contributed by atoms with Crippen LogP contribution in [0.1, 0.15) is 0 Å². The Labute approximate surface area is 104 Å². The summed E-state index contributed by atoms with van der Waals surface area (Å²) in [4.78, 5) is 5.90. The Kier molecular flexibility index (Phi) is 2.41. The lowest BCUT2D eigenvalue weighted by Gasteiger charge is -2.04. The molecule has 0 saturated carbocycles. The van der Waals surface area contributed by atoms with E-state index >= 15 is 0 Å². The SMILES string of the molecule is C[N+](C)=c1ccc2nc3ccccc3sc-2c1. The predicted molar refractivity (Wildman–Crippen MR) is 73.4 cm³/mol. The number of fused-ring (bicyclic) bond motifs is 2. The minimum absolute atomic E-state index is 1.07. The summed E-state index contributed by atoms with van der Waals surface area (Å²) in [5.74, 6) is 0. The molecule has 0 unspecified atom stereocenters. The van der Waals surface area contributed by atoms with Crippen molar-refractivity contribution < 1.29 is 0 Å². The molecule has 0 aromatic heterocycles. The lowest BCUT2D eigenvalue weighted by molar-refractivity contribution is 0.814. The number of hydrogen-bond acceptors (Lipinski definition) is 2. The van der Waals surface area contributed by atoms with Crippen molar-refractivity contribution in [3.8, 4) is 10.6 Å². The fourth-order valence-corrected chi connectivity index (χ4v) is 2.84. The molecular formula is C14H13N2S+. The molecule has 3 rings (SSSR count). The molecule has 0 radical (unpaired) electrons. The van der Waals surface area contributed by atoms with E-state index in [4.69, 9.17) is 0 Å². The van der Waals surface area contributed by atoms with E-state index in [1.807, 2.05) is 6.07 Å². The normalized spacial score (nSPS) is 10.9. The Balaban J connectivity index is 2.42. The van der Waals surface area contributed by atoms with Crippen LogP contribution >= 0.6 is 11.3 Å². The number of benzene rings is 2. The largest absolute Gasteiger partial charge is 0.246 e. The van der Waals surface area contributed by atoms with Crippen molar-refractivity contribution in [1.29, 1.82) is 0 Å². The quantitative estimate of drug-likeness (QED) is 0.436. The first kappa shape index (κ1) is 10.4. The van der Waals surface area contributed by atoms with Crippen LogP contribution in [0.3, 0.4) is 0 Å². The first-order valence-corrected chi connectivity index (χ1v) is 6.36. The summed E-state index contributed by atoms with van der Waals surface area (Å²) in [5.41, 5.74) is 2.14. The van der Waals surface area contributed by atoms with Crippen LogP contribution in [0, 0.1) is 0 Å². The smallest absolute Gasteiger partial charge is 0.201 e. The van der Waals surface area contributed by atoms with Crippen molar-refractivity contribution in [3.63, 3.8) is 0 Å². The number of nitrogens with zero attached hydrogens (tertiary/aromatic N) is 2. The van der Waals surface area contributed by atoms with E-state index in [2.05, 4.69) is 60.1 Å². The molecule has 3 heteroatoms. The molecular weight excluding hydrogens is 228 g/mol. The molecule has 0 bridgehead atoms. The van der Waals surface area contributed by atoms with Gasteiger partial charge in [0.1, 0.15) is 14.1 Å². The molecule has 2 aliphatic rings. The standard InChI is InChI=1S/C14H13N2S/c1-16(2)10-7-8-12-14(9-10)17-13-6-4-3-5-11(13)15-12/h3-9H,1-2H3/q+1. The first-order chi connectivity index (χ1) is 8.24. The highest BCUT2D eigenvalue weighted by molar-refractivity contribution is 7.21. The van der Waals surface area contributed by atoms with Crippen LogP contribution in [0.25, 0.3) is 20.8 Å². The number of hydrogen-bond donors (Lipinski definition) is 0. The lowest BCUT2D eigenvalue weighted by atomic mass is 10.2. The maximum absolute atomic E-state index is 4.67. The van der Waals surface area contributed by atoms with Gasteiger partial charge < -0.3 is 0 Å². The van der Waals surface area contributed by atoms with Crippen LogP contribution in [0.5, 0.6) is 0 Å². The first-order valence-electron chi connectivity index (χ1n) is 5.54. The fourth-order valence-electron chi connectivity index (χ4n) is 1.84. The van der Waals surface area contributed by atoms with Gasteiger partial charge in [0.25, 0.3) is 0 Å². The summed E-state index contributed by atoms with van der Waals surface area (Å²) in [6.07, 6.45) is 0. The topological polar surface area (TPSA) is 15.9 Å². The van der Waals surface area contributed by atoms with Crippen LogP contribution in [0.2, 0.25) is 0 Å². The molecule has 1 heterocycles. The van der Waals surface area contributed by atoms with Crippen molar-refractivity contribution in [3.05, 3.63) is 47.8 Å². The zero-order valence-corrected chi connectivity index (χ0v) is 10.7. The highest BCUT2D eigenvalue weighted by atomic mass is 32.1. The van der Waals surface area contributed by atoms with Gasteiger partial charge in [0.15, 0.2) is 0 Å². The number of rotatable bonds is 0. The lowest BCUT2D eigenvalue weighted by Crippen LogP contribution is -2.21. The van der Waals surface area contributed by atoms with E-state index in [-0.39, 0.29) is 0 Å². The maximum Gasteiger partial charge on any atom is 0.201 e. The summed E-state index contributed by atoms with van der Waals surface area (Å²) in [6.45, 7) is 0. The molecule has 1 aromatic carbocycles. The van der Waals surface area contributed by atoms with E-state index in [0.29, 0.717) is 0 Å². The number of para-hydroxylation sites is 1. The van der Waals surface area contributed by atoms with Gasteiger partial charge in [-0.3, -0.25) is 0 Å². The summed E-state index contributed by atoms with van der Waals surface area (Å²) >= 11 is 1.79.